The van der Waals surface area contributed by atoms with Crippen LogP contribution in [0.4, 0.5) is 13.2 Å². The first-order chi connectivity index (χ1) is 9.90. The van der Waals surface area contributed by atoms with E-state index in [1.807, 2.05) is 0 Å². The normalized spacial score (nSPS) is 19.6. The van der Waals surface area contributed by atoms with E-state index >= 15 is 0 Å². The number of amides is 1. The molecule has 1 aromatic rings. The van der Waals surface area contributed by atoms with E-state index in [4.69, 9.17) is 10.5 Å². The number of ether oxygens (including phenoxy) is 1. The SMILES string of the molecule is NC[C@H]1CN(C(=O)Cc2ccc(C(F)(F)F)cc2)CCO1. The van der Waals surface area contributed by atoms with Crippen LogP contribution in [0.5, 0.6) is 0 Å². The minimum Gasteiger partial charge on any atom is -0.373 e. The van der Waals surface area contributed by atoms with Crippen LogP contribution in [-0.2, 0) is 22.1 Å². The Hall–Kier alpha value is -1.60. The monoisotopic (exact) mass is 302 g/mol. The molecule has 0 spiro atoms. The molecule has 1 saturated heterocycles. The van der Waals surface area contributed by atoms with Crippen molar-refractivity contribution in [2.75, 3.05) is 26.2 Å². The fourth-order valence-electron chi connectivity index (χ4n) is 2.19. The van der Waals surface area contributed by atoms with Crippen molar-refractivity contribution in [1.82, 2.24) is 4.90 Å². The quantitative estimate of drug-likeness (QED) is 0.919. The van der Waals surface area contributed by atoms with Crippen molar-refractivity contribution in [2.45, 2.75) is 18.7 Å². The first kappa shape index (κ1) is 15.8. The molecule has 0 radical (unpaired) electrons. The van der Waals surface area contributed by atoms with Crippen LogP contribution < -0.4 is 5.73 Å². The summed E-state index contributed by atoms with van der Waals surface area (Å²) in [5.74, 6) is -0.128. The van der Waals surface area contributed by atoms with Gasteiger partial charge in [0.1, 0.15) is 0 Å². The van der Waals surface area contributed by atoms with E-state index in [-0.39, 0.29) is 18.4 Å². The van der Waals surface area contributed by atoms with Gasteiger partial charge in [0.15, 0.2) is 0 Å². The molecule has 7 heteroatoms. The van der Waals surface area contributed by atoms with Crippen molar-refractivity contribution in [2.24, 2.45) is 5.73 Å². The fraction of sp³-hybridized carbons (Fsp3) is 0.500. The molecule has 116 valence electrons. The van der Waals surface area contributed by atoms with E-state index in [9.17, 15) is 18.0 Å². The molecular weight excluding hydrogens is 285 g/mol. The average molecular weight is 302 g/mol. The summed E-state index contributed by atoms with van der Waals surface area (Å²) >= 11 is 0. The van der Waals surface area contributed by atoms with Gasteiger partial charge >= 0.3 is 6.18 Å². The summed E-state index contributed by atoms with van der Waals surface area (Å²) in [6.45, 7) is 1.68. The van der Waals surface area contributed by atoms with Crippen LogP contribution in [0.2, 0.25) is 0 Å². The van der Waals surface area contributed by atoms with Crippen molar-refractivity contribution in [3.8, 4) is 0 Å². The van der Waals surface area contributed by atoms with Crippen molar-refractivity contribution in [3.05, 3.63) is 35.4 Å². The van der Waals surface area contributed by atoms with Gasteiger partial charge in [-0.2, -0.15) is 13.2 Å². The second kappa shape index (κ2) is 6.44. The molecule has 1 aliphatic heterocycles. The zero-order valence-corrected chi connectivity index (χ0v) is 11.4. The lowest BCUT2D eigenvalue weighted by molar-refractivity contribution is -0.137. The van der Waals surface area contributed by atoms with Crippen molar-refractivity contribution >= 4 is 5.91 Å². The predicted molar refractivity (Wildman–Crippen MR) is 70.5 cm³/mol. The molecule has 1 amide bonds. The van der Waals surface area contributed by atoms with E-state index in [1.165, 1.54) is 12.1 Å². The highest BCUT2D eigenvalue weighted by atomic mass is 19.4. The van der Waals surface area contributed by atoms with Crippen LogP contribution in [0.15, 0.2) is 24.3 Å². The van der Waals surface area contributed by atoms with Crippen molar-refractivity contribution in [1.29, 1.82) is 0 Å². The van der Waals surface area contributed by atoms with Crippen LogP contribution in [0.3, 0.4) is 0 Å². The van der Waals surface area contributed by atoms with E-state index in [2.05, 4.69) is 0 Å². The molecule has 1 aliphatic rings. The number of carbonyl (C=O) groups excluding carboxylic acids is 1. The van der Waals surface area contributed by atoms with Crippen molar-refractivity contribution in [3.63, 3.8) is 0 Å². The van der Waals surface area contributed by atoms with E-state index in [0.717, 1.165) is 12.1 Å². The van der Waals surface area contributed by atoms with E-state index in [0.29, 0.717) is 31.8 Å². The van der Waals surface area contributed by atoms with Gasteiger partial charge in [0.05, 0.1) is 24.7 Å². The molecule has 1 atom stereocenters. The lowest BCUT2D eigenvalue weighted by atomic mass is 10.1. The molecule has 0 bridgehead atoms. The topological polar surface area (TPSA) is 55.6 Å². The second-order valence-electron chi connectivity index (χ2n) is 4.94. The zero-order valence-electron chi connectivity index (χ0n) is 11.4. The van der Waals surface area contributed by atoms with Gasteiger partial charge in [-0.25, -0.2) is 0 Å². The Balaban J connectivity index is 1.96. The number of rotatable bonds is 3. The number of nitrogens with two attached hydrogens (primary N) is 1. The molecule has 4 nitrogen and oxygen atoms in total. The first-order valence-electron chi connectivity index (χ1n) is 6.65. The Morgan fingerprint density at radius 3 is 2.57 bits per heavy atom. The zero-order chi connectivity index (χ0) is 15.5. The lowest BCUT2D eigenvalue weighted by Crippen LogP contribution is -2.48. The van der Waals surface area contributed by atoms with Crippen LogP contribution in [-0.4, -0.2) is 43.2 Å². The summed E-state index contributed by atoms with van der Waals surface area (Å²) in [5, 5.41) is 0. The van der Waals surface area contributed by atoms with Gasteiger partial charge < -0.3 is 15.4 Å². The third-order valence-corrected chi connectivity index (χ3v) is 3.39. The molecule has 1 aromatic carbocycles. The van der Waals surface area contributed by atoms with Gasteiger partial charge in [-0.05, 0) is 17.7 Å². The van der Waals surface area contributed by atoms with E-state index < -0.39 is 11.7 Å². The van der Waals surface area contributed by atoms with Gasteiger partial charge in [0.25, 0.3) is 0 Å². The molecule has 1 heterocycles. The Morgan fingerprint density at radius 1 is 1.33 bits per heavy atom. The Labute approximate surface area is 120 Å². The summed E-state index contributed by atoms with van der Waals surface area (Å²) in [7, 11) is 0. The number of nitrogens with zero attached hydrogens (tertiary/aromatic N) is 1. The molecule has 0 aliphatic carbocycles. The largest absolute Gasteiger partial charge is 0.416 e. The van der Waals surface area contributed by atoms with E-state index in [1.54, 1.807) is 4.90 Å². The third-order valence-electron chi connectivity index (χ3n) is 3.39. The molecule has 2 N–H and O–H groups in total. The minimum absolute atomic E-state index is 0.0788. The summed E-state index contributed by atoms with van der Waals surface area (Å²) in [5.41, 5.74) is 5.35. The third kappa shape index (κ3) is 4.18. The number of benzene rings is 1. The van der Waals surface area contributed by atoms with Gasteiger partial charge in [0, 0.05) is 19.6 Å². The Kier molecular flexibility index (Phi) is 4.84. The number of hydrogen-bond acceptors (Lipinski definition) is 3. The number of carbonyl (C=O) groups is 1. The molecule has 0 unspecified atom stereocenters. The maximum absolute atomic E-state index is 12.5. The smallest absolute Gasteiger partial charge is 0.373 e. The summed E-state index contributed by atoms with van der Waals surface area (Å²) in [6, 6.07) is 4.65. The Morgan fingerprint density at radius 2 is 2.00 bits per heavy atom. The number of alkyl halides is 3. The average Bonchev–Trinajstić information content (AvgIpc) is 2.47. The van der Waals surface area contributed by atoms with Crippen LogP contribution in [0.1, 0.15) is 11.1 Å². The van der Waals surface area contributed by atoms with Gasteiger partial charge in [-0.15, -0.1) is 0 Å². The molecule has 0 aromatic heterocycles. The fourth-order valence-corrected chi connectivity index (χ4v) is 2.19. The van der Waals surface area contributed by atoms with Gasteiger partial charge in [0.2, 0.25) is 5.91 Å². The standard InChI is InChI=1S/C14H17F3N2O2/c15-14(16,17)11-3-1-10(2-4-11)7-13(20)19-5-6-21-12(8-18)9-19/h1-4,12H,5-9,18H2/t12-/m0/s1. The summed E-state index contributed by atoms with van der Waals surface area (Å²) in [6.07, 6.45) is -4.45. The van der Waals surface area contributed by atoms with Gasteiger partial charge in [-0.1, -0.05) is 12.1 Å². The predicted octanol–water partition coefficient (Wildman–Crippen LogP) is 1.43. The molecule has 0 saturated carbocycles. The maximum atomic E-state index is 12.5. The van der Waals surface area contributed by atoms with Crippen LogP contribution in [0.25, 0.3) is 0 Å². The molecule has 21 heavy (non-hydrogen) atoms. The highest BCUT2D eigenvalue weighted by Crippen LogP contribution is 2.29. The summed E-state index contributed by atoms with van der Waals surface area (Å²) in [4.78, 5) is 13.8. The lowest BCUT2D eigenvalue weighted by Gasteiger charge is -2.32. The summed E-state index contributed by atoms with van der Waals surface area (Å²) < 4.78 is 42.7. The van der Waals surface area contributed by atoms with Crippen LogP contribution in [0, 0.1) is 0 Å². The highest BCUT2D eigenvalue weighted by Gasteiger charge is 2.30. The second-order valence-corrected chi connectivity index (χ2v) is 4.94. The highest BCUT2D eigenvalue weighted by molar-refractivity contribution is 5.78. The molecule has 2 rings (SSSR count). The number of hydrogen-bond donors (Lipinski definition) is 1. The minimum atomic E-state index is -4.36. The molecular formula is C14H17F3N2O2. The molecule has 1 fully saturated rings. The van der Waals surface area contributed by atoms with Crippen molar-refractivity contribution < 1.29 is 22.7 Å². The number of morpholine rings is 1. The Bertz CT molecular complexity index is 488. The van der Waals surface area contributed by atoms with Gasteiger partial charge in [-0.3, -0.25) is 4.79 Å². The maximum Gasteiger partial charge on any atom is 0.416 e. The van der Waals surface area contributed by atoms with Crippen LogP contribution >= 0.6 is 0 Å². The number of halogens is 3. The first-order valence-corrected chi connectivity index (χ1v) is 6.65.